The van der Waals surface area contributed by atoms with Gasteiger partial charge in [-0.05, 0) is 19.1 Å². The van der Waals surface area contributed by atoms with Gasteiger partial charge in [-0.3, -0.25) is 9.48 Å². The van der Waals surface area contributed by atoms with E-state index >= 15 is 0 Å². The van der Waals surface area contributed by atoms with E-state index in [0.29, 0.717) is 17.9 Å². The van der Waals surface area contributed by atoms with E-state index in [1.54, 1.807) is 23.1 Å². The molecule has 0 aliphatic carbocycles. The number of carbonyl (C=O) groups is 1. The van der Waals surface area contributed by atoms with Crippen LogP contribution in [0.1, 0.15) is 18.1 Å². The third-order valence-corrected chi connectivity index (χ3v) is 3.19. The van der Waals surface area contributed by atoms with Crippen LogP contribution in [0.3, 0.4) is 0 Å². The van der Waals surface area contributed by atoms with Crippen molar-refractivity contribution in [1.29, 1.82) is 0 Å². The Morgan fingerprint density at radius 3 is 2.71 bits per heavy atom. The zero-order valence-electron chi connectivity index (χ0n) is 13.8. The fourth-order valence-corrected chi connectivity index (χ4v) is 2.24. The first-order valence-corrected chi connectivity index (χ1v) is 7.31. The maximum atomic E-state index is 14.0. The minimum absolute atomic E-state index is 0.255. The van der Waals surface area contributed by atoms with Crippen LogP contribution in [-0.2, 0) is 18.4 Å². The summed E-state index contributed by atoms with van der Waals surface area (Å²) in [6.45, 7) is 3.65. The summed E-state index contributed by atoms with van der Waals surface area (Å²) in [7, 11) is 1.87. The van der Waals surface area contributed by atoms with Gasteiger partial charge in [0.05, 0.1) is 18.3 Å². The molecule has 0 aliphatic rings. The van der Waals surface area contributed by atoms with Crippen molar-refractivity contribution >= 4 is 5.97 Å². The van der Waals surface area contributed by atoms with Crippen LogP contribution in [0.4, 0.5) is 4.39 Å². The molecule has 0 aliphatic heterocycles. The summed E-state index contributed by atoms with van der Waals surface area (Å²) in [5.41, 5.74) is 2.59. The van der Waals surface area contributed by atoms with Crippen LogP contribution < -0.4 is 0 Å². The second-order valence-electron chi connectivity index (χ2n) is 5.40. The Labute approximate surface area is 139 Å². The van der Waals surface area contributed by atoms with Crippen molar-refractivity contribution in [3.8, 4) is 11.4 Å². The molecule has 0 amide bonds. The number of aryl methyl sites for hydroxylation is 2. The lowest BCUT2D eigenvalue weighted by Crippen LogP contribution is -2.02. The van der Waals surface area contributed by atoms with E-state index in [1.807, 2.05) is 37.0 Å². The minimum Gasteiger partial charge on any atom is -0.481 e. The molecule has 2 heterocycles. The molecule has 3 rings (SSSR count). The number of carboxylic acids is 1. The highest BCUT2D eigenvalue weighted by molar-refractivity contribution is 5.63. The van der Waals surface area contributed by atoms with Crippen LogP contribution in [0.2, 0.25) is 0 Å². The van der Waals surface area contributed by atoms with Crippen molar-refractivity contribution < 1.29 is 14.3 Å². The van der Waals surface area contributed by atoms with Gasteiger partial charge >= 0.3 is 0 Å². The Kier molecular flexibility index (Phi) is 5.47. The molecule has 0 fully saturated rings. The van der Waals surface area contributed by atoms with E-state index in [1.165, 1.54) is 6.07 Å². The van der Waals surface area contributed by atoms with Gasteiger partial charge in [-0.15, -0.1) is 0 Å². The number of nitrogens with zero attached hydrogens (tertiary/aromatic N) is 4. The lowest BCUT2D eigenvalue weighted by molar-refractivity contribution is -0.134. The lowest BCUT2D eigenvalue weighted by Gasteiger charge is -2.08. The summed E-state index contributed by atoms with van der Waals surface area (Å²) in [5, 5.41) is 11.6. The third-order valence-electron chi connectivity index (χ3n) is 3.19. The summed E-state index contributed by atoms with van der Waals surface area (Å²) in [6.07, 6.45) is 7.28. The summed E-state index contributed by atoms with van der Waals surface area (Å²) in [4.78, 5) is 13.3. The van der Waals surface area contributed by atoms with Crippen molar-refractivity contribution in [3.05, 3.63) is 59.9 Å². The maximum Gasteiger partial charge on any atom is 0.300 e. The molecule has 0 saturated heterocycles. The van der Waals surface area contributed by atoms with Crippen molar-refractivity contribution in [3.63, 3.8) is 0 Å². The van der Waals surface area contributed by atoms with Gasteiger partial charge in [0, 0.05) is 38.1 Å². The molecule has 0 atom stereocenters. The highest BCUT2D eigenvalue weighted by atomic mass is 19.1. The predicted molar refractivity (Wildman–Crippen MR) is 88.0 cm³/mol. The van der Waals surface area contributed by atoms with Gasteiger partial charge in [-0.1, -0.05) is 11.6 Å². The number of halogens is 1. The topological polar surface area (TPSA) is 72.9 Å². The van der Waals surface area contributed by atoms with Crippen LogP contribution in [0, 0.1) is 12.7 Å². The zero-order chi connectivity index (χ0) is 17.7. The maximum absolute atomic E-state index is 14.0. The molecule has 0 spiro atoms. The van der Waals surface area contributed by atoms with E-state index in [9.17, 15) is 4.39 Å². The number of rotatable bonds is 3. The molecule has 7 heteroatoms. The van der Waals surface area contributed by atoms with Crippen LogP contribution in [0.15, 0.2) is 43.0 Å². The van der Waals surface area contributed by atoms with Crippen LogP contribution in [-0.4, -0.2) is 30.4 Å². The zero-order valence-corrected chi connectivity index (χ0v) is 13.8. The number of aromatic nitrogens is 4. The van der Waals surface area contributed by atoms with Gasteiger partial charge < -0.3 is 9.67 Å². The largest absolute Gasteiger partial charge is 0.481 e. The Hall–Kier alpha value is -2.96. The Morgan fingerprint density at radius 1 is 1.38 bits per heavy atom. The van der Waals surface area contributed by atoms with E-state index in [2.05, 4.69) is 10.1 Å². The van der Waals surface area contributed by atoms with E-state index in [4.69, 9.17) is 9.90 Å². The van der Waals surface area contributed by atoms with Crippen molar-refractivity contribution in [2.45, 2.75) is 20.4 Å². The van der Waals surface area contributed by atoms with Crippen molar-refractivity contribution in [1.82, 2.24) is 19.3 Å². The molecule has 0 radical (unpaired) electrons. The van der Waals surface area contributed by atoms with Gasteiger partial charge in [0.2, 0.25) is 0 Å². The van der Waals surface area contributed by atoms with Gasteiger partial charge in [0.15, 0.2) is 0 Å². The summed E-state index contributed by atoms with van der Waals surface area (Å²) in [5.74, 6) is -0.454. The second kappa shape index (κ2) is 7.54. The minimum atomic E-state index is -0.833. The smallest absolute Gasteiger partial charge is 0.300 e. The quantitative estimate of drug-likeness (QED) is 0.801. The monoisotopic (exact) mass is 330 g/mol. The molecule has 0 saturated carbocycles. The summed E-state index contributed by atoms with van der Waals surface area (Å²) >= 11 is 0. The second-order valence-corrected chi connectivity index (χ2v) is 5.40. The van der Waals surface area contributed by atoms with Crippen molar-refractivity contribution in [2.24, 2.45) is 7.05 Å². The van der Waals surface area contributed by atoms with E-state index < -0.39 is 5.97 Å². The SMILES string of the molecule is CC(=O)O.Cc1ccc(F)c(-c2nccn2Cc2cnn(C)c2)c1. The van der Waals surface area contributed by atoms with Gasteiger partial charge in [0.1, 0.15) is 11.6 Å². The fourth-order valence-electron chi connectivity index (χ4n) is 2.24. The highest BCUT2D eigenvalue weighted by Crippen LogP contribution is 2.23. The van der Waals surface area contributed by atoms with Gasteiger partial charge in [-0.2, -0.15) is 5.10 Å². The van der Waals surface area contributed by atoms with Crippen LogP contribution in [0.5, 0.6) is 0 Å². The number of hydrogen-bond acceptors (Lipinski definition) is 3. The standard InChI is InChI=1S/C15H15FN4.C2H4O2/c1-11-3-4-14(16)13(7-11)15-17-5-6-20(15)10-12-8-18-19(2)9-12;1-2(3)4/h3-9H,10H2,1-2H3;1H3,(H,3,4). The molecule has 6 nitrogen and oxygen atoms in total. The number of aliphatic carboxylic acids is 1. The molecule has 3 aromatic rings. The Balaban J connectivity index is 0.000000471. The number of benzene rings is 1. The normalized spacial score (nSPS) is 10.2. The molecular weight excluding hydrogens is 311 g/mol. The molecule has 24 heavy (non-hydrogen) atoms. The van der Waals surface area contributed by atoms with Crippen molar-refractivity contribution in [2.75, 3.05) is 0 Å². The Bertz CT molecular complexity index is 835. The fraction of sp³-hybridized carbons (Fsp3) is 0.235. The number of carboxylic acid groups (broad SMARTS) is 1. The van der Waals surface area contributed by atoms with Gasteiger partial charge in [-0.25, -0.2) is 9.37 Å². The van der Waals surface area contributed by atoms with Crippen LogP contribution >= 0.6 is 0 Å². The number of imidazole rings is 1. The van der Waals surface area contributed by atoms with E-state index in [-0.39, 0.29) is 5.82 Å². The lowest BCUT2D eigenvalue weighted by atomic mass is 10.1. The summed E-state index contributed by atoms with van der Waals surface area (Å²) in [6, 6.07) is 5.05. The number of hydrogen-bond donors (Lipinski definition) is 1. The third kappa shape index (κ3) is 4.52. The average Bonchev–Trinajstić information content (AvgIpc) is 3.11. The molecule has 0 unspecified atom stereocenters. The first kappa shape index (κ1) is 17.4. The molecule has 0 bridgehead atoms. The van der Waals surface area contributed by atoms with Crippen LogP contribution in [0.25, 0.3) is 11.4 Å². The summed E-state index contributed by atoms with van der Waals surface area (Å²) < 4.78 is 17.7. The highest BCUT2D eigenvalue weighted by Gasteiger charge is 2.12. The van der Waals surface area contributed by atoms with E-state index in [0.717, 1.165) is 18.1 Å². The average molecular weight is 330 g/mol. The van der Waals surface area contributed by atoms with Gasteiger partial charge in [0.25, 0.3) is 5.97 Å². The predicted octanol–water partition coefficient (Wildman–Crippen LogP) is 2.87. The Morgan fingerprint density at radius 2 is 2.08 bits per heavy atom. The molecule has 1 aromatic carbocycles. The first-order valence-electron chi connectivity index (χ1n) is 7.31. The molecule has 2 aromatic heterocycles. The first-order chi connectivity index (χ1) is 11.4. The molecular formula is C17H19FN4O2. The molecule has 126 valence electrons. The molecule has 1 N–H and O–H groups in total.